The van der Waals surface area contributed by atoms with Gasteiger partial charge in [-0.1, -0.05) is 6.08 Å². The van der Waals surface area contributed by atoms with Crippen LogP contribution in [0.25, 0.3) is 0 Å². The smallest absolute Gasteiger partial charge is 0.371 e. The molecule has 0 bridgehead atoms. The second kappa shape index (κ2) is 5.18. The molecule has 0 atom stereocenters. The summed E-state index contributed by atoms with van der Waals surface area (Å²) in [5, 5.41) is 8.36. The highest BCUT2D eigenvalue weighted by Gasteiger charge is 2.35. The molecule has 6 nitrogen and oxygen atoms in total. The Balaban J connectivity index is 3.26. The van der Waals surface area contributed by atoms with Gasteiger partial charge in [0.1, 0.15) is 0 Å². The predicted molar refractivity (Wildman–Crippen MR) is 69.5 cm³/mol. The number of aromatic carboxylic acids is 1. The van der Waals surface area contributed by atoms with Crippen molar-refractivity contribution in [3.8, 4) is 0 Å². The van der Waals surface area contributed by atoms with Crippen molar-refractivity contribution < 1.29 is 22.7 Å². The number of carbonyl (C=O) groups is 1. The van der Waals surface area contributed by atoms with E-state index in [1.54, 1.807) is 20.8 Å². The third-order valence-corrected chi connectivity index (χ3v) is 4.38. The number of rotatable bonds is 5. The lowest BCUT2D eigenvalue weighted by Gasteiger charge is -2.32. The number of carboxylic acid groups (broad SMARTS) is 1. The molecule has 1 N–H and O–H groups in total. The molecule has 0 saturated heterocycles. The van der Waals surface area contributed by atoms with Crippen LogP contribution in [0, 0.1) is 0 Å². The van der Waals surface area contributed by atoms with Crippen LogP contribution < -0.4 is 0 Å². The Hall–Kier alpha value is -1.60. The average Bonchev–Trinajstić information content (AvgIpc) is 2.73. The fourth-order valence-electron chi connectivity index (χ4n) is 1.53. The van der Waals surface area contributed by atoms with E-state index < -0.39 is 27.3 Å². The molecule has 0 saturated carbocycles. The van der Waals surface area contributed by atoms with Gasteiger partial charge >= 0.3 is 5.97 Å². The van der Waals surface area contributed by atoms with Gasteiger partial charge in [0.05, 0.1) is 0 Å². The Morgan fingerprint density at radius 1 is 1.47 bits per heavy atom. The fourth-order valence-corrected chi connectivity index (χ4v) is 3.21. The Labute approximate surface area is 112 Å². The predicted octanol–water partition coefficient (Wildman–Crippen LogP) is 1.95. The van der Waals surface area contributed by atoms with Gasteiger partial charge in [0.2, 0.25) is 10.9 Å². The van der Waals surface area contributed by atoms with Crippen molar-refractivity contribution in [2.75, 3.05) is 6.54 Å². The maximum atomic E-state index is 12.4. The summed E-state index contributed by atoms with van der Waals surface area (Å²) in [6, 6.07) is 2.25. The van der Waals surface area contributed by atoms with Crippen molar-refractivity contribution in [1.82, 2.24) is 4.31 Å². The SMILES string of the molecule is C=CCN(C(C)(C)C)S(=O)(=O)c1ccc(C(=O)O)o1. The lowest BCUT2D eigenvalue weighted by atomic mass is 10.1. The first-order valence-electron chi connectivity index (χ1n) is 5.57. The lowest BCUT2D eigenvalue weighted by Crippen LogP contribution is -2.45. The van der Waals surface area contributed by atoms with Gasteiger partial charge in [-0.25, -0.2) is 13.2 Å². The quantitative estimate of drug-likeness (QED) is 0.836. The number of hydrogen-bond acceptors (Lipinski definition) is 4. The van der Waals surface area contributed by atoms with Crippen LogP contribution >= 0.6 is 0 Å². The first kappa shape index (κ1) is 15.5. The Bertz CT molecular complexity index is 580. The molecule has 0 radical (unpaired) electrons. The summed E-state index contributed by atoms with van der Waals surface area (Å²) >= 11 is 0. The highest BCUT2D eigenvalue weighted by Crippen LogP contribution is 2.25. The second-order valence-electron chi connectivity index (χ2n) is 4.92. The maximum absolute atomic E-state index is 12.4. The molecule has 0 fully saturated rings. The zero-order valence-electron chi connectivity index (χ0n) is 11.1. The van der Waals surface area contributed by atoms with E-state index in [9.17, 15) is 13.2 Å². The normalized spacial score (nSPS) is 12.6. The molecule has 7 heteroatoms. The van der Waals surface area contributed by atoms with Crippen LogP contribution in [0.1, 0.15) is 31.3 Å². The zero-order valence-corrected chi connectivity index (χ0v) is 11.9. The maximum Gasteiger partial charge on any atom is 0.371 e. The van der Waals surface area contributed by atoms with Crippen molar-refractivity contribution in [2.24, 2.45) is 0 Å². The molecule has 19 heavy (non-hydrogen) atoms. The third-order valence-electron chi connectivity index (χ3n) is 2.38. The lowest BCUT2D eigenvalue weighted by molar-refractivity contribution is 0.0656. The number of nitrogens with zero attached hydrogens (tertiary/aromatic N) is 1. The summed E-state index contributed by atoms with van der Waals surface area (Å²) < 4.78 is 30.9. The summed E-state index contributed by atoms with van der Waals surface area (Å²) in [6.45, 7) is 8.82. The van der Waals surface area contributed by atoms with E-state index in [1.807, 2.05) is 0 Å². The zero-order chi connectivity index (χ0) is 14.8. The first-order chi connectivity index (χ1) is 8.60. The van der Waals surface area contributed by atoms with Crippen LogP contribution in [-0.2, 0) is 10.0 Å². The van der Waals surface area contributed by atoms with E-state index >= 15 is 0 Å². The molecule has 0 aliphatic carbocycles. The fraction of sp³-hybridized carbons (Fsp3) is 0.417. The molecule has 1 heterocycles. The van der Waals surface area contributed by atoms with E-state index in [-0.39, 0.29) is 11.6 Å². The van der Waals surface area contributed by atoms with Gasteiger partial charge in [0, 0.05) is 12.1 Å². The summed E-state index contributed by atoms with van der Waals surface area (Å²) in [5.41, 5.74) is -0.677. The largest absolute Gasteiger partial charge is 0.475 e. The van der Waals surface area contributed by atoms with Crippen LogP contribution in [-0.4, -0.2) is 35.9 Å². The van der Waals surface area contributed by atoms with E-state index in [2.05, 4.69) is 6.58 Å². The molecular weight excluding hydrogens is 270 g/mol. The molecule has 1 aromatic heterocycles. The monoisotopic (exact) mass is 287 g/mol. The number of sulfonamides is 1. The van der Waals surface area contributed by atoms with Gasteiger partial charge in [-0.3, -0.25) is 0 Å². The minimum Gasteiger partial charge on any atom is -0.475 e. The van der Waals surface area contributed by atoms with Crippen molar-refractivity contribution in [2.45, 2.75) is 31.4 Å². The van der Waals surface area contributed by atoms with Gasteiger partial charge in [0.15, 0.2) is 0 Å². The molecule has 1 aromatic rings. The van der Waals surface area contributed by atoms with E-state index in [0.29, 0.717) is 0 Å². The summed E-state index contributed by atoms with van der Waals surface area (Å²) in [4.78, 5) is 10.7. The molecular formula is C12H17NO5S. The van der Waals surface area contributed by atoms with Crippen LogP contribution in [0.15, 0.2) is 34.3 Å². The molecule has 0 unspecified atom stereocenters. The summed E-state index contributed by atoms with van der Waals surface area (Å²) in [6.07, 6.45) is 1.46. The molecule has 0 aliphatic rings. The van der Waals surface area contributed by atoms with Gasteiger partial charge in [0.25, 0.3) is 10.0 Å². The summed E-state index contributed by atoms with van der Waals surface area (Å²) in [7, 11) is -3.90. The van der Waals surface area contributed by atoms with Crippen LogP contribution in [0.4, 0.5) is 0 Å². The highest BCUT2D eigenvalue weighted by atomic mass is 32.2. The number of carboxylic acids is 1. The number of furan rings is 1. The molecule has 0 amide bonds. The first-order valence-corrected chi connectivity index (χ1v) is 7.01. The van der Waals surface area contributed by atoms with E-state index in [4.69, 9.17) is 9.52 Å². The van der Waals surface area contributed by atoms with Crippen LogP contribution in [0.5, 0.6) is 0 Å². The van der Waals surface area contributed by atoms with Crippen LogP contribution in [0.3, 0.4) is 0 Å². The van der Waals surface area contributed by atoms with Crippen LogP contribution in [0.2, 0.25) is 0 Å². The molecule has 0 aliphatic heterocycles. The van der Waals surface area contributed by atoms with Crippen molar-refractivity contribution in [1.29, 1.82) is 0 Å². The van der Waals surface area contributed by atoms with Crippen molar-refractivity contribution in [3.05, 3.63) is 30.5 Å². The highest BCUT2D eigenvalue weighted by molar-refractivity contribution is 7.89. The topological polar surface area (TPSA) is 87.8 Å². The van der Waals surface area contributed by atoms with Gasteiger partial charge in [-0.15, -0.1) is 6.58 Å². The molecule has 0 spiro atoms. The number of hydrogen-bond donors (Lipinski definition) is 1. The molecule has 106 valence electrons. The summed E-state index contributed by atoms with van der Waals surface area (Å²) in [5.74, 6) is -1.72. The van der Waals surface area contributed by atoms with Gasteiger partial charge in [-0.05, 0) is 32.9 Å². The molecule has 1 rings (SSSR count). The van der Waals surface area contributed by atoms with Gasteiger partial charge < -0.3 is 9.52 Å². The molecule has 0 aromatic carbocycles. The van der Waals surface area contributed by atoms with Gasteiger partial charge in [-0.2, -0.15) is 4.31 Å². The Kier molecular flexibility index (Phi) is 4.21. The Morgan fingerprint density at radius 2 is 2.05 bits per heavy atom. The average molecular weight is 287 g/mol. The standard InChI is InChI=1S/C12H17NO5S/c1-5-8-13(12(2,3)4)19(16,17)10-7-6-9(18-10)11(14)15/h5-7H,1,8H2,2-4H3,(H,14,15). The van der Waals surface area contributed by atoms with Crippen molar-refractivity contribution in [3.63, 3.8) is 0 Å². The second-order valence-corrected chi connectivity index (χ2v) is 6.71. The van der Waals surface area contributed by atoms with Crippen molar-refractivity contribution >= 4 is 16.0 Å². The third kappa shape index (κ3) is 3.24. The van der Waals surface area contributed by atoms with E-state index in [0.717, 1.165) is 12.1 Å². The minimum atomic E-state index is -3.90. The Morgan fingerprint density at radius 3 is 2.42 bits per heavy atom. The van der Waals surface area contributed by atoms with E-state index in [1.165, 1.54) is 10.4 Å². The minimum absolute atomic E-state index is 0.106.